The Morgan fingerprint density at radius 2 is 1.71 bits per heavy atom. The fourth-order valence-corrected chi connectivity index (χ4v) is 8.64. The van der Waals surface area contributed by atoms with E-state index in [4.69, 9.17) is 0 Å². The molecule has 6 rings (SSSR count). The zero-order valence-electron chi connectivity index (χ0n) is 36.4. The number of nitrogens with zero attached hydrogens (tertiary/aromatic N) is 5. The number of quaternary nitrogens is 1. The first-order chi connectivity index (χ1) is 29.8. The number of rotatable bonds is 20. The summed E-state index contributed by atoms with van der Waals surface area (Å²) < 4.78 is 1.62. The van der Waals surface area contributed by atoms with Crippen molar-refractivity contribution >= 4 is 46.5 Å². The van der Waals surface area contributed by atoms with Gasteiger partial charge in [0.25, 0.3) is 11.8 Å². The van der Waals surface area contributed by atoms with E-state index in [-0.39, 0.29) is 60.7 Å². The summed E-state index contributed by atoms with van der Waals surface area (Å²) in [5.74, 6) is 0.227. The molecule has 1 saturated heterocycles. The number of anilines is 2. The molecule has 0 bridgehead atoms. The fourth-order valence-electron chi connectivity index (χ4n) is 8.64. The topological polar surface area (TPSA) is 161 Å². The highest BCUT2D eigenvalue weighted by atomic mass is 16.3. The minimum atomic E-state index is -0.879. The molecule has 0 radical (unpaired) electrons. The van der Waals surface area contributed by atoms with E-state index in [0.29, 0.717) is 29.9 Å². The summed E-state index contributed by atoms with van der Waals surface area (Å²) in [5, 5.41) is 23.6. The molecule has 5 aromatic rings. The maximum absolute atomic E-state index is 14.4. The van der Waals surface area contributed by atoms with Gasteiger partial charge >= 0.3 is 6.03 Å². The average molecular weight is 843 g/mol. The van der Waals surface area contributed by atoms with Gasteiger partial charge in [-0.1, -0.05) is 67.2 Å². The van der Waals surface area contributed by atoms with Gasteiger partial charge in [-0.15, -0.1) is 0 Å². The van der Waals surface area contributed by atoms with Crippen LogP contribution in [-0.2, 0) is 36.1 Å². The fraction of sp³-hybridized carbons (Fsp3) is 0.354. The van der Waals surface area contributed by atoms with Gasteiger partial charge in [0, 0.05) is 56.9 Å². The number of hydrogen-bond donors (Lipinski definition) is 5. The predicted molar refractivity (Wildman–Crippen MR) is 243 cm³/mol. The molecule has 3 atom stereocenters. The number of aldehydes is 1. The first kappa shape index (κ1) is 45.2. The van der Waals surface area contributed by atoms with Crippen LogP contribution >= 0.6 is 0 Å². The van der Waals surface area contributed by atoms with Crippen LogP contribution in [0.3, 0.4) is 0 Å². The maximum atomic E-state index is 14.4. The Hall–Kier alpha value is -6.35. The monoisotopic (exact) mass is 842 g/mol. The van der Waals surface area contributed by atoms with Crippen molar-refractivity contribution in [1.29, 1.82) is 0 Å². The third kappa shape index (κ3) is 10.4. The second-order valence-corrected chi connectivity index (χ2v) is 16.5. The number of amides is 4. The molecule has 326 valence electrons. The molecule has 3 aromatic carbocycles. The van der Waals surface area contributed by atoms with Crippen LogP contribution < -0.4 is 21.3 Å². The summed E-state index contributed by atoms with van der Waals surface area (Å²) >= 11 is 0. The van der Waals surface area contributed by atoms with Crippen molar-refractivity contribution in [3.05, 3.63) is 132 Å². The SMILES string of the molecule is C=CC[N+]1(C(=O)NCc2ccccc2)CC(=O)N(C(C=O)Cc2ccc(O)cc2)C1CNCc1cccc2c(C(=O)Nc3ccc(NCCN(C(C)C)C(C)C)nc3)cn(C)c12. The number of carbonyl (C=O) groups is 4. The third-order valence-electron chi connectivity index (χ3n) is 11.6. The highest BCUT2D eigenvalue weighted by Crippen LogP contribution is 2.31. The molecule has 0 saturated carbocycles. The first-order valence-corrected chi connectivity index (χ1v) is 21.2. The van der Waals surface area contributed by atoms with Gasteiger partial charge in [0.1, 0.15) is 24.4 Å². The number of nitrogens with one attached hydrogen (secondary N) is 4. The van der Waals surface area contributed by atoms with Crippen molar-refractivity contribution in [3.63, 3.8) is 0 Å². The third-order valence-corrected chi connectivity index (χ3v) is 11.6. The van der Waals surface area contributed by atoms with Crippen molar-refractivity contribution in [2.45, 2.75) is 71.5 Å². The number of aryl methyl sites for hydroxylation is 1. The van der Waals surface area contributed by atoms with Crippen LogP contribution in [0, 0.1) is 0 Å². The predicted octanol–water partition coefficient (Wildman–Crippen LogP) is 6.04. The second-order valence-electron chi connectivity index (χ2n) is 16.5. The van der Waals surface area contributed by atoms with E-state index in [1.807, 2.05) is 72.3 Å². The minimum Gasteiger partial charge on any atom is -0.508 e. The molecule has 3 heterocycles. The lowest BCUT2D eigenvalue weighted by Gasteiger charge is -2.39. The van der Waals surface area contributed by atoms with E-state index in [1.54, 1.807) is 42.7 Å². The summed E-state index contributed by atoms with van der Waals surface area (Å²) in [5.41, 5.74) is 4.49. The Labute approximate surface area is 364 Å². The van der Waals surface area contributed by atoms with Gasteiger partial charge in [-0.05, 0) is 81.1 Å². The number of phenolic OH excluding ortho intramolecular Hbond substituents is 1. The van der Waals surface area contributed by atoms with Gasteiger partial charge in [0.2, 0.25) is 0 Å². The summed E-state index contributed by atoms with van der Waals surface area (Å²) in [4.78, 5) is 63.5. The number of pyridine rings is 1. The first-order valence-electron chi connectivity index (χ1n) is 21.2. The molecular weight excluding hydrogens is 783 g/mol. The van der Waals surface area contributed by atoms with Crippen LogP contribution in [0.15, 0.2) is 110 Å². The lowest BCUT2D eigenvalue weighted by molar-refractivity contribution is -0.860. The number of phenols is 1. The Bertz CT molecular complexity index is 2320. The Morgan fingerprint density at radius 3 is 2.37 bits per heavy atom. The number of urea groups is 1. The highest BCUT2D eigenvalue weighted by molar-refractivity contribution is 6.13. The zero-order chi connectivity index (χ0) is 44.4. The smallest absolute Gasteiger partial charge is 0.419 e. The van der Waals surface area contributed by atoms with Gasteiger partial charge < -0.3 is 35.7 Å². The van der Waals surface area contributed by atoms with Crippen LogP contribution in [0.1, 0.15) is 54.7 Å². The van der Waals surface area contributed by atoms with Gasteiger partial charge in [-0.3, -0.25) is 19.4 Å². The number of aromatic nitrogens is 2. The van der Waals surface area contributed by atoms with E-state index in [2.05, 4.69) is 65.4 Å². The number of fused-ring (bicyclic) bond motifs is 1. The van der Waals surface area contributed by atoms with E-state index in [1.165, 1.54) is 4.90 Å². The van der Waals surface area contributed by atoms with Crippen LogP contribution in [0.2, 0.25) is 0 Å². The van der Waals surface area contributed by atoms with Gasteiger partial charge in [-0.2, -0.15) is 0 Å². The van der Waals surface area contributed by atoms with Crippen LogP contribution in [0.25, 0.3) is 10.9 Å². The van der Waals surface area contributed by atoms with Crippen molar-refractivity contribution in [2.75, 3.05) is 43.4 Å². The lowest BCUT2D eigenvalue weighted by atomic mass is 10.0. The summed E-state index contributed by atoms with van der Waals surface area (Å²) in [6.45, 7) is 15.1. The van der Waals surface area contributed by atoms with Crippen molar-refractivity contribution < 1.29 is 28.8 Å². The van der Waals surface area contributed by atoms with Crippen molar-refractivity contribution in [2.24, 2.45) is 7.05 Å². The summed E-state index contributed by atoms with van der Waals surface area (Å²) in [6.07, 6.45) is 5.26. The average Bonchev–Trinajstić information content (AvgIpc) is 3.75. The Balaban J connectivity index is 1.19. The zero-order valence-corrected chi connectivity index (χ0v) is 36.4. The van der Waals surface area contributed by atoms with Crippen molar-refractivity contribution in [3.8, 4) is 5.75 Å². The van der Waals surface area contributed by atoms with Crippen LogP contribution in [-0.4, -0.2) is 110 Å². The molecule has 14 heteroatoms. The maximum Gasteiger partial charge on any atom is 0.419 e. The van der Waals surface area contributed by atoms with Crippen LogP contribution in [0.5, 0.6) is 5.75 Å². The minimum absolute atomic E-state index is 0.0927. The molecule has 4 amide bonds. The van der Waals surface area contributed by atoms with E-state index in [9.17, 15) is 24.3 Å². The lowest BCUT2D eigenvalue weighted by Crippen LogP contribution is -2.65. The Kier molecular flexibility index (Phi) is 14.9. The van der Waals surface area contributed by atoms with Gasteiger partial charge in [-0.25, -0.2) is 14.3 Å². The molecule has 14 nitrogen and oxygen atoms in total. The van der Waals surface area contributed by atoms with E-state index >= 15 is 0 Å². The molecule has 2 aromatic heterocycles. The van der Waals surface area contributed by atoms with Crippen molar-refractivity contribution in [1.82, 2.24) is 30.0 Å². The molecule has 62 heavy (non-hydrogen) atoms. The largest absolute Gasteiger partial charge is 0.508 e. The van der Waals surface area contributed by atoms with E-state index in [0.717, 1.165) is 52.8 Å². The second kappa shape index (κ2) is 20.5. The molecule has 5 N–H and O–H groups in total. The highest BCUT2D eigenvalue weighted by Gasteiger charge is 2.57. The Morgan fingerprint density at radius 1 is 0.968 bits per heavy atom. The van der Waals surface area contributed by atoms with Gasteiger partial charge in [0.15, 0.2) is 12.7 Å². The number of benzene rings is 3. The quantitative estimate of drug-likeness (QED) is 0.0358. The number of hydrogen-bond acceptors (Lipinski definition) is 9. The summed E-state index contributed by atoms with van der Waals surface area (Å²) in [7, 11) is 1.89. The molecule has 3 unspecified atom stereocenters. The van der Waals surface area contributed by atoms with Gasteiger partial charge in [0.05, 0.1) is 35.6 Å². The number of para-hydroxylation sites is 1. The molecule has 0 spiro atoms. The van der Waals surface area contributed by atoms with E-state index < -0.39 is 12.2 Å². The molecule has 1 fully saturated rings. The number of carbonyl (C=O) groups excluding carboxylic acids is 4. The number of aromatic hydroxyl groups is 1. The standard InChI is InChI=1S/C48H59N9O5/c1-7-24-57(48(62)52-26-36-12-9-8-10-13-36)31-45(60)56(39(32-58)25-35-16-19-40(59)20-17-35)44(57)29-49-27-37-14-11-15-41-42(30-54(6)46(37)41)47(61)53-38-18-21-43(51-28-38)50-22-23-55(33(2)3)34(4)5/h7-21,28,30,32-34,39,44,49H,1,22-27,29,31H2,2-6H3,(H3-,50,51,52,53,59,61,62)/p+1. The molecule has 1 aliphatic heterocycles. The summed E-state index contributed by atoms with van der Waals surface area (Å²) in [6, 6.07) is 25.2. The van der Waals surface area contributed by atoms with Crippen LogP contribution in [0.4, 0.5) is 16.3 Å². The normalized spacial score (nSPS) is 16.9. The molecule has 1 aliphatic rings. The molecular formula is C48H60N9O5+. The molecule has 0 aliphatic carbocycles.